The molecule has 1 aromatic rings. The van der Waals surface area contributed by atoms with Gasteiger partial charge >= 0.3 is 5.97 Å². The summed E-state index contributed by atoms with van der Waals surface area (Å²) in [5.74, 6) is -0.228. The fourth-order valence-corrected chi connectivity index (χ4v) is 1.56. The average molecular weight is 221 g/mol. The summed E-state index contributed by atoms with van der Waals surface area (Å²) < 4.78 is 5.03. The second-order valence-electron chi connectivity index (χ2n) is 4.27. The Kier molecular flexibility index (Phi) is 4.35. The minimum Gasteiger partial charge on any atom is -0.462 e. The summed E-state index contributed by atoms with van der Waals surface area (Å²) in [6, 6.07) is 6.11. The zero-order chi connectivity index (χ0) is 12.1. The predicted octanol–water partition coefficient (Wildman–Crippen LogP) is 2.67. The van der Waals surface area contributed by atoms with Gasteiger partial charge in [-0.15, -0.1) is 0 Å². The maximum Gasteiger partial charge on any atom is 0.325 e. The lowest BCUT2D eigenvalue weighted by molar-refractivity contribution is -0.145. The summed E-state index contributed by atoms with van der Waals surface area (Å²) in [5.41, 5.74) is 3.32. The van der Waals surface area contributed by atoms with E-state index in [1.165, 1.54) is 11.1 Å². The van der Waals surface area contributed by atoms with Crippen molar-refractivity contribution >= 4 is 11.7 Å². The molecule has 0 fully saturated rings. The number of ether oxygens (including phenoxy) is 1. The quantitative estimate of drug-likeness (QED) is 0.794. The van der Waals surface area contributed by atoms with Crippen LogP contribution >= 0.6 is 0 Å². The van der Waals surface area contributed by atoms with Gasteiger partial charge in [0.1, 0.15) is 6.54 Å². The largest absolute Gasteiger partial charge is 0.462 e. The van der Waals surface area contributed by atoms with Crippen LogP contribution in [0.25, 0.3) is 0 Å². The molecule has 0 unspecified atom stereocenters. The number of nitrogens with one attached hydrogen (secondary N) is 1. The molecule has 0 atom stereocenters. The Labute approximate surface area is 96.8 Å². The van der Waals surface area contributed by atoms with Gasteiger partial charge in [0.25, 0.3) is 0 Å². The highest BCUT2D eigenvalue weighted by atomic mass is 16.5. The summed E-state index contributed by atoms with van der Waals surface area (Å²) in [4.78, 5) is 11.3. The molecule has 3 heteroatoms. The maximum atomic E-state index is 11.3. The lowest BCUT2D eigenvalue weighted by Crippen LogP contribution is -2.20. The van der Waals surface area contributed by atoms with Crippen LogP contribution in [0.3, 0.4) is 0 Å². The van der Waals surface area contributed by atoms with Crippen molar-refractivity contribution in [3.63, 3.8) is 0 Å². The fraction of sp³-hybridized carbons (Fsp3) is 0.462. The maximum absolute atomic E-state index is 11.3. The van der Waals surface area contributed by atoms with E-state index in [-0.39, 0.29) is 18.6 Å². The lowest BCUT2D eigenvalue weighted by atomic mass is 10.1. The molecule has 1 aromatic carbocycles. The Hall–Kier alpha value is -1.51. The Balaban J connectivity index is 2.51. The van der Waals surface area contributed by atoms with Crippen LogP contribution in [0.1, 0.15) is 25.0 Å². The normalized spacial score (nSPS) is 10.3. The SMILES string of the molecule is Cc1cc(C)cc(NCC(=O)OC(C)C)c1. The minimum atomic E-state index is -0.228. The van der Waals surface area contributed by atoms with Crippen LogP contribution in [0.15, 0.2) is 18.2 Å². The number of carbonyl (C=O) groups is 1. The van der Waals surface area contributed by atoms with Gasteiger partial charge in [-0.2, -0.15) is 0 Å². The Morgan fingerprint density at radius 1 is 1.25 bits per heavy atom. The third kappa shape index (κ3) is 4.34. The van der Waals surface area contributed by atoms with Crippen LogP contribution in [0.5, 0.6) is 0 Å². The molecule has 0 spiro atoms. The van der Waals surface area contributed by atoms with E-state index in [0.717, 1.165) is 5.69 Å². The van der Waals surface area contributed by atoms with E-state index in [2.05, 4.69) is 11.4 Å². The van der Waals surface area contributed by atoms with Gasteiger partial charge in [-0.25, -0.2) is 0 Å². The van der Waals surface area contributed by atoms with Gasteiger partial charge in [0.05, 0.1) is 6.10 Å². The number of hydrogen-bond donors (Lipinski definition) is 1. The van der Waals surface area contributed by atoms with Crippen molar-refractivity contribution in [2.45, 2.75) is 33.8 Å². The second kappa shape index (κ2) is 5.54. The van der Waals surface area contributed by atoms with Crippen molar-refractivity contribution in [1.82, 2.24) is 0 Å². The van der Waals surface area contributed by atoms with E-state index in [4.69, 9.17) is 4.74 Å². The van der Waals surface area contributed by atoms with Gasteiger partial charge in [-0.3, -0.25) is 4.79 Å². The number of carbonyl (C=O) groups excluding carboxylic acids is 1. The Bertz CT molecular complexity index is 352. The van der Waals surface area contributed by atoms with E-state index in [9.17, 15) is 4.79 Å². The first-order chi connectivity index (χ1) is 7.47. The molecule has 0 amide bonds. The number of hydrogen-bond acceptors (Lipinski definition) is 3. The van der Waals surface area contributed by atoms with E-state index in [1.54, 1.807) is 0 Å². The smallest absolute Gasteiger partial charge is 0.325 e. The molecule has 3 nitrogen and oxygen atoms in total. The monoisotopic (exact) mass is 221 g/mol. The summed E-state index contributed by atoms with van der Waals surface area (Å²) >= 11 is 0. The third-order valence-electron chi connectivity index (χ3n) is 2.03. The molecule has 0 bridgehead atoms. The molecule has 0 saturated carbocycles. The van der Waals surface area contributed by atoms with Crippen LogP contribution in [-0.4, -0.2) is 18.6 Å². The second-order valence-corrected chi connectivity index (χ2v) is 4.27. The van der Waals surface area contributed by atoms with Crippen molar-refractivity contribution in [3.8, 4) is 0 Å². The third-order valence-corrected chi connectivity index (χ3v) is 2.03. The first-order valence-electron chi connectivity index (χ1n) is 5.49. The number of aryl methyl sites for hydroxylation is 2. The first-order valence-corrected chi connectivity index (χ1v) is 5.49. The summed E-state index contributed by atoms with van der Waals surface area (Å²) in [6.45, 7) is 7.96. The topological polar surface area (TPSA) is 38.3 Å². The van der Waals surface area contributed by atoms with Gasteiger partial charge in [0, 0.05) is 5.69 Å². The van der Waals surface area contributed by atoms with Crippen LogP contribution in [0, 0.1) is 13.8 Å². The standard InChI is InChI=1S/C13H19NO2/c1-9(2)16-13(15)8-14-12-6-10(3)5-11(4)7-12/h5-7,9,14H,8H2,1-4H3. The average Bonchev–Trinajstić information content (AvgIpc) is 2.12. The summed E-state index contributed by atoms with van der Waals surface area (Å²) in [6.07, 6.45) is -0.0615. The molecule has 88 valence electrons. The Morgan fingerprint density at radius 2 is 1.81 bits per heavy atom. The van der Waals surface area contributed by atoms with Crippen LogP contribution < -0.4 is 5.32 Å². The number of anilines is 1. The van der Waals surface area contributed by atoms with Crippen molar-refractivity contribution in [2.24, 2.45) is 0 Å². The highest BCUT2D eigenvalue weighted by molar-refractivity contribution is 5.75. The van der Waals surface area contributed by atoms with Gasteiger partial charge in [0.2, 0.25) is 0 Å². The van der Waals surface area contributed by atoms with Gasteiger partial charge < -0.3 is 10.1 Å². The molecule has 16 heavy (non-hydrogen) atoms. The molecule has 0 aliphatic rings. The first kappa shape index (κ1) is 12.6. The molecule has 1 rings (SSSR count). The van der Waals surface area contributed by atoms with Gasteiger partial charge in [-0.1, -0.05) is 6.07 Å². The molecule has 0 aliphatic carbocycles. The predicted molar refractivity (Wildman–Crippen MR) is 65.6 cm³/mol. The zero-order valence-electron chi connectivity index (χ0n) is 10.3. The lowest BCUT2D eigenvalue weighted by Gasteiger charge is -2.10. The molecule has 1 N–H and O–H groups in total. The van der Waals surface area contributed by atoms with Crippen LogP contribution in [-0.2, 0) is 9.53 Å². The van der Waals surface area contributed by atoms with Crippen molar-refractivity contribution in [2.75, 3.05) is 11.9 Å². The molecule has 0 aromatic heterocycles. The summed E-state index contributed by atoms with van der Waals surface area (Å²) in [5, 5.41) is 3.06. The molecular formula is C13H19NO2. The molecular weight excluding hydrogens is 202 g/mol. The van der Waals surface area contributed by atoms with E-state index in [0.29, 0.717) is 0 Å². The molecule has 0 radical (unpaired) electrons. The zero-order valence-corrected chi connectivity index (χ0v) is 10.3. The number of benzene rings is 1. The fourth-order valence-electron chi connectivity index (χ4n) is 1.56. The van der Waals surface area contributed by atoms with Crippen molar-refractivity contribution in [3.05, 3.63) is 29.3 Å². The van der Waals surface area contributed by atoms with Crippen molar-refractivity contribution < 1.29 is 9.53 Å². The summed E-state index contributed by atoms with van der Waals surface area (Å²) in [7, 11) is 0. The number of rotatable bonds is 4. The van der Waals surface area contributed by atoms with Gasteiger partial charge in [0.15, 0.2) is 0 Å². The molecule has 0 heterocycles. The van der Waals surface area contributed by atoms with E-state index < -0.39 is 0 Å². The minimum absolute atomic E-state index is 0.0615. The highest BCUT2D eigenvalue weighted by Gasteiger charge is 2.05. The van der Waals surface area contributed by atoms with Gasteiger partial charge in [-0.05, 0) is 51.0 Å². The highest BCUT2D eigenvalue weighted by Crippen LogP contribution is 2.13. The van der Waals surface area contributed by atoms with Crippen LogP contribution in [0.4, 0.5) is 5.69 Å². The van der Waals surface area contributed by atoms with E-state index >= 15 is 0 Å². The van der Waals surface area contributed by atoms with E-state index in [1.807, 2.05) is 39.8 Å². The van der Waals surface area contributed by atoms with Crippen LogP contribution in [0.2, 0.25) is 0 Å². The Morgan fingerprint density at radius 3 is 2.31 bits per heavy atom. The van der Waals surface area contributed by atoms with Crippen molar-refractivity contribution in [1.29, 1.82) is 0 Å². The molecule has 0 aliphatic heterocycles. The number of esters is 1. The molecule has 0 saturated heterocycles.